The normalized spacial score (nSPS) is 16.1. The minimum Gasteiger partial charge on any atom is -0.489 e. The Bertz CT molecular complexity index is 1840. The number of carbonyl (C=O) groups excluding carboxylic acids is 2. The van der Waals surface area contributed by atoms with E-state index in [0.29, 0.717) is 61.2 Å². The Hall–Kier alpha value is -5.37. The summed E-state index contributed by atoms with van der Waals surface area (Å²) in [6.07, 6.45) is 3.79. The predicted molar refractivity (Wildman–Crippen MR) is 168 cm³/mol. The number of pyridine rings is 1. The largest absolute Gasteiger partial charge is 0.489 e. The molecule has 0 aliphatic carbocycles. The van der Waals surface area contributed by atoms with Crippen LogP contribution in [0, 0.1) is 27.3 Å². The molecule has 10 nitrogen and oxygen atoms in total. The molecule has 0 saturated carbocycles. The molecule has 0 atom stereocenters. The second-order valence-corrected chi connectivity index (χ2v) is 11.8. The van der Waals surface area contributed by atoms with Crippen LogP contribution in [0.3, 0.4) is 0 Å². The highest BCUT2D eigenvalue weighted by molar-refractivity contribution is 6.09. The fraction of sp³-hybridized carbons (Fsp3) is 0.314. The average molecular weight is 622 g/mol. The van der Waals surface area contributed by atoms with E-state index >= 15 is 0 Å². The highest BCUT2D eigenvalue weighted by Gasteiger charge is 2.38. The van der Waals surface area contributed by atoms with Gasteiger partial charge in [0.15, 0.2) is 0 Å². The number of aromatic nitrogens is 1. The summed E-state index contributed by atoms with van der Waals surface area (Å²) < 4.78 is 19.5. The number of nitro benzene ring substituents is 1. The van der Waals surface area contributed by atoms with Gasteiger partial charge in [-0.1, -0.05) is 30.3 Å². The number of rotatable bonds is 7. The van der Waals surface area contributed by atoms with Gasteiger partial charge in [0.25, 0.3) is 17.5 Å². The van der Waals surface area contributed by atoms with E-state index in [2.05, 4.69) is 11.1 Å². The summed E-state index contributed by atoms with van der Waals surface area (Å²) in [6.45, 7) is 1.78. The molecule has 0 bridgehead atoms. The number of benzene rings is 3. The predicted octanol–water partition coefficient (Wildman–Crippen LogP) is 6.18. The number of fused-ring (bicyclic) bond motifs is 1. The minimum absolute atomic E-state index is 0.146. The second-order valence-electron chi connectivity index (χ2n) is 11.8. The van der Waals surface area contributed by atoms with Crippen molar-refractivity contribution in [2.45, 2.75) is 44.1 Å². The first kappa shape index (κ1) is 30.6. The number of ether oxygens (including phenoxy) is 1. The molecule has 3 heterocycles. The zero-order valence-electron chi connectivity index (χ0n) is 25.2. The van der Waals surface area contributed by atoms with Gasteiger partial charge in [0, 0.05) is 31.6 Å². The fourth-order valence-corrected chi connectivity index (χ4v) is 6.31. The molecule has 2 aliphatic heterocycles. The monoisotopic (exact) mass is 621 g/mol. The van der Waals surface area contributed by atoms with E-state index < -0.39 is 16.2 Å². The molecule has 0 unspecified atom stereocenters. The van der Waals surface area contributed by atoms with Crippen molar-refractivity contribution in [2.75, 3.05) is 26.2 Å². The van der Waals surface area contributed by atoms with Crippen molar-refractivity contribution in [3.63, 3.8) is 0 Å². The maximum Gasteiger partial charge on any atom is 0.278 e. The van der Waals surface area contributed by atoms with Crippen LogP contribution in [0.25, 0.3) is 10.9 Å². The van der Waals surface area contributed by atoms with Gasteiger partial charge in [-0.05, 0) is 74.1 Å². The molecule has 0 spiro atoms. The maximum atomic E-state index is 13.9. The first-order chi connectivity index (χ1) is 22.3. The van der Waals surface area contributed by atoms with Crippen LogP contribution in [0.15, 0.2) is 72.8 Å². The molecule has 11 heteroatoms. The zero-order chi connectivity index (χ0) is 32.3. The lowest BCUT2D eigenvalue weighted by molar-refractivity contribution is -0.386. The number of hydrogen-bond acceptors (Lipinski definition) is 7. The van der Waals surface area contributed by atoms with Gasteiger partial charge >= 0.3 is 0 Å². The van der Waals surface area contributed by atoms with Crippen LogP contribution in [0.1, 0.15) is 64.1 Å². The van der Waals surface area contributed by atoms with Crippen LogP contribution >= 0.6 is 0 Å². The molecule has 3 aromatic carbocycles. The summed E-state index contributed by atoms with van der Waals surface area (Å²) >= 11 is 0. The quantitative estimate of drug-likeness (QED) is 0.178. The standard InChI is InChI=1S/C35H32FN5O5/c36-26-10-9-24(32(19-26)41(44)45)22-46-27-11-12-30-28(20-27)29(33(42)39-15-5-2-6-16-39)21-31(38-30)34(43)40-17-13-35(23-37,14-18-40)25-7-3-1-4-8-25/h1,3-4,7-12,19-21H,2,5-6,13-18,22H2. The van der Waals surface area contributed by atoms with Crippen LogP contribution in [0.2, 0.25) is 0 Å². The van der Waals surface area contributed by atoms with Gasteiger partial charge in [-0.2, -0.15) is 5.26 Å². The van der Waals surface area contributed by atoms with Crippen molar-refractivity contribution in [2.24, 2.45) is 0 Å². The summed E-state index contributed by atoms with van der Waals surface area (Å²) in [5.41, 5.74) is 0.974. The molecule has 0 N–H and O–H groups in total. The van der Waals surface area contributed by atoms with Gasteiger partial charge in [0.1, 0.15) is 23.9 Å². The van der Waals surface area contributed by atoms with E-state index in [9.17, 15) is 29.4 Å². The molecule has 2 fully saturated rings. The van der Waals surface area contributed by atoms with Crippen LogP contribution in [-0.4, -0.2) is 57.7 Å². The highest BCUT2D eigenvalue weighted by Crippen LogP contribution is 2.36. The maximum absolute atomic E-state index is 13.9. The Morgan fingerprint density at radius 3 is 2.35 bits per heavy atom. The Labute approximate surface area is 265 Å². The number of carbonyl (C=O) groups is 2. The Morgan fingerprint density at radius 1 is 0.935 bits per heavy atom. The fourth-order valence-electron chi connectivity index (χ4n) is 6.31. The summed E-state index contributed by atoms with van der Waals surface area (Å²) in [5.74, 6) is -0.898. The van der Waals surface area contributed by atoms with E-state index in [4.69, 9.17) is 4.74 Å². The number of hydrogen-bond donors (Lipinski definition) is 0. The summed E-state index contributed by atoms with van der Waals surface area (Å²) in [5, 5.41) is 22.0. The molecule has 2 amide bonds. The molecule has 1 aromatic heterocycles. The summed E-state index contributed by atoms with van der Waals surface area (Å²) in [4.78, 5) is 46.6. The van der Waals surface area contributed by atoms with Gasteiger partial charge in [-0.25, -0.2) is 9.37 Å². The van der Waals surface area contributed by atoms with E-state index in [0.717, 1.165) is 37.0 Å². The molecule has 0 radical (unpaired) electrons. The molecule has 46 heavy (non-hydrogen) atoms. The summed E-state index contributed by atoms with van der Waals surface area (Å²) in [7, 11) is 0. The van der Waals surface area contributed by atoms with Crippen molar-refractivity contribution in [1.29, 1.82) is 5.26 Å². The third kappa shape index (κ3) is 6.11. The Balaban J connectivity index is 1.29. The number of nitrogens with zero attached hydrogens (tertiary/aromatic N) is 5. The Kier molecular flexibility index (Phi) is 8.61. The molecule has 4 aromatic rings. The zero-order valence-corrected chi connectivity index (χ0v) is 25.2. The van der Waals surface area contributed by atoms with Gasteiger partial charge in [0.05, 0.1) is 39.1 Å². The number of likely N-dealkylation sites (tertiary alicyclic amines) is 2. The minimum atomic E-state index is -0.719. The van der Waals surface area contributed by atoms with Crippen LogP contribution < -0.4 is 4.74 Å². The Morgan fingerprint density at radius 2 is 1.65 bits per heavy atom. The van der Waals surface area contributed by atoms with Gasteiger partial charge in [-0.3, -0.25) is 19.7 Å². The van der Waals surface area contributed by atoms with Crippen molar-refractivity contribution in [1.82, 2.24) is 14.8 Å². The SMILES string of the molecule is N#CC1(c2ccccc2)CCN(C(=O)c2cc(C(=O)N3CCCCC3)c3cc(OCc4ccc(F)cc4[N+](=O)[O-])ccc3n2)CC1. The van der Waals surface area contributed by atoms with Crippen LogP contribution in [0.4, 0.5) is 10.1 Å². The topological polar surface area (TPSA) is 130 Å². The van der Waals surface area contributed by atoms with E-state index in [-0.39, 0.29) is 35.4 Å². The van der Waals surface area contributed by atoms with Gasteiger partial charge in [-0.15, -0.1) is 0 Å². The first-order valence-electron chi connectivity index (χ1n) is 15.3. The summed E-state index contributed by atoms with van der Waals surface area (Å²) in [6, 6.07) is 21.9. The van der Waals surface area contributed by atoms with E-state index in [1.807, 2.05) is 30.3 Å². The van der Waals surface area contributed by atoms with E-state index in [1.54, 1.807) is 34.1 Å². The lowest BCUT2D eigenvalue weighted by Gasteiger charge is -2.37. The van der Waals surface area contributed by atoms with Gasteiger partial charge < -0.3 is 14.5 Å². The number of amides is 2. The number of halogens is 1. The number of nitro groups is 1. The third-order valence-electron chi connectivity index (χ3n) is 8.96. The second kappa shape index (κ2) is 12.9. The lowest BCUT2D eigenvalue weighted by atomic mass is 9.74. The van der Waals surface area contributed by atoms with Crippen molar-refractivity contribution in [3.8, 4) is 11.8 Å². The van der Waals surface area contributed by atoms with E-state index in [1.165, 1.54) is 6.07 Å². The molecular formula is C35H32FN5O5. The average Bonchev–Trinajstić information content (AvgIpc) is 3.10. The highest BCUT2D eigenvalue weighted by atomic mass is 19.1. The van der Waals surface area contributed by atoms with Crippen molar-refractivity contribution in [3.05, 3.63) is 111 Å². The lowest BCUT2D eigenvalue weighted by Crippen LogP contribution is -2.45. The third-order valence-corrected chi connectivity index (χ3v) is 8.96. The van der Waals surface area contributed by atoms with Crippen LogP contribution in [0.5, 0.6) is 5.75 Å². The molecule has 6 rings (SSSR count). The molecule has 2 saturated heterocycles. The van der Waals surface area contributed by atoms with Crippen molar-refractivity contribution >= 4 is 28.4 Å². The molecular weight excluding hydrogens is 589 g/mol. The molecule has 234 valence electrons. The number of piperidine rings is 2. The smallest absolute Gasteiger partial charge is 0.278 e. The molecule has 2 aliphatic rings. The first-order valence-corrected chi connectivity index (χ1v) is 15.3. The number of nitriles is 1. The van der Waals surface area contributed by atoms with Crippen molar-refractivity contribution < 1.29 is 23.6 Å². The van der Waals surface area contributed by atoms with Crippen LogP contribution in [-0.2, 0) is 12.0 Å². The van der Waals surface area contributed by atoms with Gasteiger partial charge in [0.2, 0.25) is 0 Å².